The van der Waals surface area contributed by atoms with Gasteiger partial charge in [0.2, 0.25) is 0 Å². The number of aromatic nitrogens is 2. The summed E-state index contributed by atoms with van der Waals surface area (Å²) in [6, 6.07) is 0.514. The average molecular weight is 376 g/mol. The van der Waals surface area contributed by atoms with E-state index >= 15 is 0 Å². The SMILES string of the molecule is CCCNC(CSC(C)CC)Cc1c(Br)c(CC)nn1C. The Balaban J connectivity index is 2.73. The monoisotopic (exact) mass is 375 g/mol. The zero-order valence-corrected chi connectivity index (χ0v) is 16.5. The van der Waals surface area contributed by atoms with Crippen molar-refractivity contribution < 1.29 is 0 Å². The van der Waals surface area contributed by atoms with Crippen LogP contribution in [-0.2, 0) is 19.9 Å². The van der Waals surface area contributed by atoms with Gasteiger partial charge >= 0.3 is 0 Å². The van der Waals surface area contributed by atoms with Crippen LogP contribution in [0.5, 0.6) is 0 Å². The molecule has 0 radical (unpaired) electrons. The number of nitrogens with zero attached hydrogens (tertiary/aromatic N) is 2. The zero-order chi connectivity index (χ0) is 15.8. The summed E-state index contributed by atoms with van der Waals surface area (Å²) >= 11 is 5.81. The lowest BCUT2D eigenvalue weighted by Crippen LogP contribution is -2.35. The summed E-state index contributed by atoms with van der Waals surface area (Å²) < 4.78 is 3.24. The fourth-order valence-corrected chi connectivity index (χ4v) is 4.02. The molecule has 1 aromatic rings. The summed E-state index contributed by atoms with van der Waals surface area (Å²) in [6.07, 6.45) is 4.43. The van der Waals surface area contributed by atoms with Crippen molar-refractivity contribution in [1.29, 1.82) is 0 Å². The van der Waals surface area contributed by atoms with Crippen molar-refractivity contribution in [2.75, 3.05) is 12.3 Å². The summed E-state index contributed by atoms with van der Waals surface area (Å²) in [5.41, 5.74) is 2.47. The summed E-state index contributed by atoms with van der Waals surface area (Å²) in [5.74, 6) is 1.16. The Bertz CT molecular complexity index is 420. The van der Waals surface area contributed by atoms with Gasteiger partial charge in [-0.2, -0.15) is 16.9 Å². The van der Waals surface area contributed by atoms with Crippen molar-refractivity contribution in [1.82, 2.24) is 15.1 Å². The topological polar surface area (TPSA) is 29.9 Å². The number of aryl methyl sites for hydroxylation is 2. The molecule has 1 N–H and O–H groups in total. The molecule has 122 valence electrons. The molecule has 0 aromatic carbocycles. The maximum Gasteiger partial charge on any atom is 0.0766 e. The molecule has 0 saturated carbocycles. The molecule has 0 bridgehead atoms. The highest BCUT2D eigenvalue weighted by atomic mass is 79.9. The molecule has 5 heteroatoms. The molecule has 0 amide bonds. The molecule has 0 saturated heterocycles. The average Bonchev–Trinajstić information content (AvgIpc) is 2.76. The molecule has 3 nitrogen and oxygen atoms in total. The standard InChI is InChI=1S/C16H30BrN3S/c1-6-9-18-13(11-21-12(4)7-2)10-15-16(17)14(8-3)19-20(15)5/h12-13,18H,6-11H2,1-5H3. The van der Waals surface area contributed by atoms with Gasteiger partial charge in [-0.05, 0) is 41.7 Å². The van der Waals surface area contributed by atoms with Gasteiger partial charge in [-0.25, -0.2) is 0 Å². The van der Waals surface area contributed by atoms with Crippen LogP contribution < -0.4 is 5.32 Å². The Morgan fingerprint density at radius 1 is 1.33 bits per heavy atom. The van der Waals surface area contributed by atoms with Crippen LogP contribution in [0.4, 0.5) is 0 Å². The smallest absolute Gasteiger partial charge is 0.0766 e. The highest BCUT2D eigenvalue weighted by molar-refractivity contribution is 9.10. The van der Waals surface area contributed by atoms with Crippen LogP contribution in [0.25, 0.3) is 0 Å². The Morgan fingerprint density at radius 2 is 2.05 bits per heavy atom. The van der Waals surface area contributed by atoms with Gasteiger partial charge in [-0.3, -0.25) is 4.68 Å². The van der Waals surface area contributed by atoms with E-state index in [-0.39, 0.29) is 0 Å². The van der Waals surface area contributed by atoms with E-state index in [0.717, 1.165) is 36.1 Å². The van der Waals surface area contributed by atoms with Crippen LogP contribution in [0.15, 0.2) is 4.47 Å². The van der Waals surface area contributed by atoms with E-state index in [1.54, 1.807) is 0 Å². The van der Waals surface area contributed by atoms with Crippen LogP contribution in [0.1, 0.15) is 51.9 Å². The molecule has 0 fully saturated rings. The molecule has 2 unspecified atom stereocenters. The van der Waals surface area contributed by atoms with Crippen molar-refractivity contribution in [2.24, 2.45) is 7.05 Å². The van der Waals surface area contributed by atoms with E-state index in [0.29, 0.717) is 6.04 Å². The predicted octanol–water partition coefficient (Wildman–Crippen LogP) is 4.19. The van der Waals surface area contributed by atoms with Crippen molar-refractivity contribution in [3.63, 3.8) is 0 Å². The first-order valence-electron chi connectivity index (χ1n) is 8.08. The summed E-state index contributed by atoms with van der Waals surface area (Å²) in [7, 11) is 2.05. The third-order valence-corrected chi connectivity index (χ3v) is 6.20. The Morgan fingerprint density at radius 3 is 2.57 bits per heavy atom. The number of halogens is 1. The number of thioether (sulfide) groups is 1. The molecule has 0 spiro atoms. The number of nitrogens with one attached hydrogen (secondary N) is 1. The van der Waals surface area contributed by atoms with Crippen LogP contribution in [0.2, 0.25) is 0 Å². The van der Waals surface area contributed by atoms with Crippen LogP contribution >= 0.6 is 27.7 Å². The third kappa shape index (κ3) is 5.95. The Kier molecular flexibility index (Phi) is 8.98. The normalized spacial score (nSPS) is 14.4. The molecule has 0 aliphatic carbocycles. The summed E-state index contributed by atoms with van der Waals surface area (Å²) in [4.78, 5) is 0. The van der Waals surface area contributed by atoms with Crippen molar-refractivity contribution in [3.8, 4) is 0 Å². The number of rotatable bonds is 10. The Labute approximate surface area is 142 Å². The second-order valence-electron chi connectivity index (χ2n) is 5.59. The predicted molar refractivity (Wildman–Crippen MR) is 98.3 cm³/mol. The molecule has 1 heterocycles. The summed E-state index contributed by atoms with van der Waals surface area (Å²) in [5, 5.41) is 9.04. The lowest BCUT2D eigenvalue weighted by Gasteiger charge is -2.20. The molecule has 21 heavy (non-hydrogen) atoms. The van der Waals surface area contributed by atoms with Crippen LogP contribution in [-0.4, -0.2) is 33.4 Å². The van der Waals surface area contributed by atoms with Gasteiger partial charge in [0, 0.05) is 30.5 Å². The highest BCUT2D eigenvalue weighted by Gasteiger charge is 2.18. The first kappa shape index (κ1) is 19.0. The van der Waals surface area contributed by atoms with Crippen molar-refractivity contribution in [3.05, 3.63) is 15.9 Å². The second kappa shape index (κ2) is 9.90. The largest absolute Gasteiger partial charge is 0.313 e. The first-order chi connectivity index (χ1) is 10.0. The zero-order valence-electron chi connectivity index (χ0n) is 14.1. The van der Waals surface area contributed by atoms with E-state index in [4.69, 9.17) is 0 Å². The quantitative estimate of drug-likeness (QED) is 0.664. The molecular formula is C16H30BrN3S. The number of hydrogen-bond acceptors (Lipinski definition) is 3. The molecule has 2 atom stereocenters. The van der Waals surface area contributed by atoms with Crippen LogP contribution in [0.3, 0.4) is 0 Å². The molecule has 1 aromatic heterocycles. The van der Waals surface area contributed by atoms with Gasteiger partial charge in [0.15, 0.2) is 0 Å². The van der Waals surface area contributed by atoms with Gasteiger partial charge in [0.05, 0.1) is 15.9 Å². The van der Waals surface area contributed by atoms with E-state index in [2.05, 4.69) is 72.8 Å². The van der Waals surface area contributed by atoms with Crippen molar-refractivity contribution >= 4 is 27.7 Å². The van der Waals surface area contributed by atoms with E-state index in [1.807, 2.05) is 4.68 Å². The van der Waals surface area contributed by atoms with Gasteiger partial charge in [0.1, 0.15) is 0 Å². The molecule has 0 aliphatic heterocycles. The fourth-order valence-electron chi connectivity index (χ4n) is 2.21. The van der Waals surface area contributed by atoms with Gasteiger partial charge in [-0.15, -0.1) is 0 Å². The van der Waals surface area contributed by atoms with Crippen LogP contribution in [0, 0.1) is 0 Å². The number of hydrogen-bond donors (Lipinski definition) is 1. The van der Waals surface area contributed by atoms with E-state index in [9.17, 15) is 0 Å². The second-order valence-corrected chi connectivity index (χ2v) is 7.86. The van der Waals surface area contributed by atoms with Gasteiger partial charge < -0.3 is 5.32 Å². The minimum atomic E-state index is 0.514. The van der Waals surface area contributed by atoms with Gasteiger partial charge in [0.25, 0.3) is 0 Å². The highest BCUT2D eigenvalue weighted by Crippen LogP contribution is 2.24. The maximum absolute atomic E-state index is 4.61. The van der Waals surface area contributed by atoms with E-state index in [1.165, 1.54) is 23.0 Å². The maximum atomic E-state index is 4.61. The Hall–Kier alpha value is 0. The fraction of sp³-hybridized carbons (Fsp3) is 0.812. The minimum absolute atomic E-state index is 0.514. The molecular weight excluding hydrogens is 346 g/mol. The minimum Gasteiger partial charge on any atom is -0.313 e. The van der Waals surface area contributed by atoms with E-state index < -0.39 is 0 Å². The lowest BCUT2D eigenvalue weighted by molar-refractivity contribution is 0.530. The third-order valence-electron chi connectivity index (χ3n) is 3.78. The summed E-state index contributed by atoms with van der Waals surface area (Å²) in [6.45, 7) is 10.0. The first-order valence-corrected chi connectivity index (χ1v) is 9.92. The lowest BCUT2D eigenvalue weighted by atomic mass is 10.1. The van der Waals surface area contributed by atoms with Crippen molar-refractivity contribution in [2.45, 2.75) is 64.7 Å². The van der Waals surface area contributed by atoms with Gasteiger partial charge in [-0.1, -0.05) is 27.7 Å². The molecule has 1 rings (SSSR count). The molecule has 0 aliphatic rings.